The van der Waals surface area contributed by atoms with Gasteiger partial charge in [0, 0.05) is 38.6 Å². The molecule has 0 saturated heterocycles. The Hall–Kier alpha value is -4.79. The molecule has 4 nitrogen and oxygen atoms in total. The second kappa shape index (κ2) is 14.2. The van der Waals surface area contributed by atoms with Gasteiger partial charge in [0.1, 0.15) is 11.6 Å². The third kappa shape index (κ3) is 7.40. The first kappa shape index (κ1) is 37.9. The number of rotatable bonds is 5. The number of fused-ring (bicyclic) bond motifs is 1. The van der Waals surface area contributed by atoms with Gasteiger partial charge in [-0.2, -0.15) is 0 Å². The number of hydrogen-bond donors (Lipinski definition) is 1. The predicted octanol–water partition coefficient (Wildman–Crippen LogP) is 12.5. The molecule has 0 aliphatic heterocycles. The largest absolute Gasteiger partial charge is 0.507 e. The number of nitrogens with zero attached hydrogens (tertiary/aromatic N) is 3. The molecule has 53 heavy (non-hydrogen) atoms. The van der Waals surface area contributed by atoms with Gasteiger partial charge in [0.25, 0.3) is 0 Å². The van der Waals surface area contributed by atoms with Crippen LogP contribution in [0.1, 0.15) is 79.0 Å². The van der Waals surface area contributed by atoms with E-state index in [1.165, 1.54) is 16.7 Å². The Labute approximate surface area is 329 Å². The summed E-state index contributed by atoms with van der Waals surface area (Å²) in [4.78, 5) is 10.4. The Balaban J connectivity index is 0.00000481. The molecule has 7 aromatic rings. The van der Waals surface area contributed by atoms with Crippen molar-refractivity contribution in [1.29, 1.82) is 0 Å². The van der Waals surface area contributed by atoms with Crippen LogP contribution in [0, 0.1) is 6.07 Å². The van der Waals surface area contributed by atoms with Crippen molar-refractivity contribution >= 4 is 11.0 Å². The first-order valence-corrected chi connectivity index (χ1v) is 18.2. The molecule has 5 heteroatoms. The summed E-state index contributed by atoms with van der Waals surface area (Å²) in [7, 11) is 0. The van der Waals surface area contributed by atoms with Gasteiger partial charge in [-0.15, -0.1) is 28.8 Å². The van der Waals surface area contributed by atoms with Crippen molar-refractivity contribution < 1.29 is 26.2 Å². The third-order valence-electron chi connectivity index (χ3n) is 9.89. The fraction of sp³-hybridized carbons (Fsp3) is 0.250. The minimum atomic E-state index is -0.194. The van der Waals surface area contributed by atoms with Crippen LogP contribution in [0.15, 0.2) is 121 Å². The molecule has 0 radical (unpaired) electrons. The van der Waals surface area contributed by atoms with Crippen molar-refractivity contribution in [2.45, 2.75) is 78.6 Å². The van der Waals surface area contributed by atoms with E-state index < -0.39 is 0 Å². The average Bonchev–Trinajstić information content (AvgIpc) is 3.50. The molecule has 0 saturated carbocycles. The van der Waals surface area contributed by atoms with Gasteiger partial charge in [-0.25, -0.2) is 4.98 Å². The van der Waals surface area contributed by atoms with Crippen LogP contribution in [0.25, 0.3) is 61.6 Å². The Morgan fingerprint density at radius 3 is 1.87 bits per heavy atom. The van der Waals surface area contributed by atoms with Crippen LogP contribution in [0.2, 0.25) is 0 Å². The summed E-state index contributed by atoms with van der Waals surface area (Å²) in [5, 5.41) is 11.5. The molecular formula is C48H48N3OPt-. The van der Waals surface area contributed by atoms with Crippen LogP contribution in [-0.4, -0.2) is 19.6 Å². The average molecular weight is 878 g/mol. The fourth-order valence-corrected chi connectivity index (χ4v) is 7.02. The summed E-state index contributed by atoms with van der Waals surface area (Å²) in [6.07, 6.45) is 1.93. The van der Waals surface area contributed by atoms with Crippen LogP contribution in [-0.2, 0) is 37.3 Å². The summed E-state index contributed by atoms with van der Waals surface area (Å²) in [5.41, 5.74) is 12.7. The van der Waals surface area contributed by atoms with Crippen molar-refractivity contribution in [3.63, 3.8) is 0 Å². The molecule has 0 fully saturated rings. The van der Waals surface area contributed by atoms with E-state index >= 15 is 0 Å². The van der Waals surface area contributed by atoms with Crippen molar-refractivity contribution in [3.8, 4) is 56.3 Å². The zero-order chi connectivity index (χ0) is 37.0. The SMILES string of the molecule is CC(C)(C)c1ccnc(-c2[c-]c(-c3cccc4c3nc(-c3cc(-c5ccccc5)ccc3O)n4-c3ccccc3)c(C(C)(C)C)cc2C(C)(C)C)c1.[Pt]. The zero-order valence-corrected chi connectivity index (χ0v) is 34.4. The van der Waals surface area contributed by atoms with Crippen LogP contribution >= 0.6 is 0 Å². The van der Waals surface area contributed by atoms with Crippen LogP contribution in [0.5, 0.6) is 5.75 Å². The van der Waals surface area contributed by atoms with Gasteiger partial charge >= 0.3 is 0 Å². The van der Waals surface area contributed by atoms with Gasteiger partial charge < -0.3 is 5.11 Å². The van der Waals surface area contributed by atoms with E-state index in [1.807, 2.05) is 54.7 Å². The van der Waals surface area contributed by atoms with Gasteiger partial charge in [0.15, 0.2) is 0 Å². The van der Waals surface area contributed by atoms with Crippen molar-refractivity contribution in [2.75, 3.05) is 0 Å². The molecule has 5 aromatic carbocycles. The number of hydrogen-bond acceptors (Lipinski definition) is 3. The summed E-state index contributed by atoms with van der Waals surface area (Å²) in [6.45, 7) is 20.3. The van der Waals surface area contributed by atoms with Crippen LogP contribution < -0.4 is 0 Å². The molecule has 0 aliphatic carbocycles. The van der Waals surface area contributed by atoms with E-state index in [4.69, 9.17) is 9.97 Å². The van der Waals surface area contributed by atoms with Gasteiger partial charge in [-0.05, 0) is 69.3 Å². The van der Waals surface area contributed by atoms with Crippen LogP contribution in [0.3, 0.4) is 0 Å². The monoisotopic (exact) mass is 877 g/mol. The molecule has 0 atom stereocenters. The quantitative estimate of drug-likeness (QED) is 0.175. The number of aromatic nitrogens is 3. The second-order valence-corrected chi connectivity index (χ2v) is 16.9. The number of phenols is 1. The Morgan fingerprint density at radius 1 is 0.585 bits per heavy atom. The minimum absolute atomic E-state index is 0. The van der Waals surface area contributed by atoms with Crippen LogP contribution in [0.4, 0.5) is 0 Å². The first-order chi connectivity index (χ1) is 24.6. The normalized spacial score (nSPS) is 12.2. The van der Waals surface area contributed by atoms with E-state index in [1.54, 1.807) is 6.07 Å². The summed E-state index contributed by atoms with van der Waals surface area (Å²) in [6, 6.07) is 43.4. The number of imidazole rings is 1. The first-order valence-electron chi connectivity index (χ1n) is 18.2. The van der Waals surface area contributed by atoms with Crippen molar-refractivity contribution in [3.05, 3.63) is 144 Å². The molecule has 0 spiro atoms. The standard InChI is InChI=1S/C48H48N3O.Pt/c1-46(2,3)33-25-26-49-41(28-33)37-29-36(39(47(4,5)6)30-40(37)48(7,8)9)35-21-16-22-42-44(35)50-45(51(42)34-19-14-11-15-20-34)38-27-32(23-24-43(38)52)31-17-12-10-13-18-31;/h10-28,30,52H,1-9H3;/q-1;. The van der Waals surface area contributed by atoms with Gasteiger partial charge in [0.2, 0.25) is 0 Å². The van der Waals surface area contributed by atoms with Crippen molar-refractivity contribution in [1.82, 2.24) is 14.5 Å². The summed E-state index contributed by atoms with van der Waals surface area (Å²) >= 11 is 0. The van der Waals surface area contributed by atoms with E-state index in [-0.39, 0.29) is 43.1 Å². The fourth-order valence-electron chi connectivity index (χ4n) is 7.02. The number of pyridine rings is 1. The molecule has 1 N–H and O–H groups in total. The second-order valence-electron chi connectivity index (χ2n) is 16.9. The molecule has 0 amide bonds. The third-order valence-corrected chi connectivity index (χ3v) is 9.89. The number of aromatic hydroxyl groups is 1. The Bertz CT molecular complexity index is 2410. The minimum Gasteiger partial charge on any atom is -0.507 e. The Kier molecular flexibility index (Phi) is 10.2. The molecule has 2 heterocycles. The van der Waals surface area contributed by atoms with Gasteiger partial charge in [-0.3, -0.25) is 9.55 Å². The van der Waals surface area contributed by atoms with Gasteiger partial charge in [0.05, 0.1) is 16.6 Å². The molecule has 0 bridgehead atoms. The molecular weight excluding hydrogens is 830 g/mol. The maximum absolute atomic E-state index is 11.5. The molecule has 2 aromatic heterocycles. The van der Waals surface area contributed by atoms with Crippen molar-refractivity contribution in [2.24, 2.45) is 0 Å². The molecule has 0 aliphatic rings. The predicted molar refractivity (Wildman–Crippen MR) is 217 cm³/mol. The number of para-hydroxylation sites is 2. The van der Waals surface area contributed by atoms with E-state index in [0.717, 1.165) is 50.2 Å². The smallest absolute Gasteiger partial charge is 0.148 e. The maximum Gasteiger partial charge on any atom is 0.148 e. The van der Waals surface area contributed by atoms with E-state index in [2.05, 4.69) is 134 Å². The number of benzene rings is 5. The number of phenolic OH excluding ortho intramolecular Hbond substituents is 1. The summed E-state index contributed by atoms with van der Waals surface area (Å²) < 4.78 is 2.16. The molecule has 7 rings (SSSR count). The molecule has 0 unspecified atom stereocenters. The van der Waals surface area contributed by atoms with Gasteiger partial charge in [-0.1, -0.05) is 146 Å². The topological polar surface area (TPSA) is 50.9 Å². The zero-order valence-electron chi connectivity index (χ0n) is 32.2. The summed E-state index contributed by atoms with van der Waals surface area (Å²) in [5.74, 6) is 0.851. The Morgan fingerprint density at radius 2 is 1.23 bits per heavy atom. The van der Waals surface area contributed by atoms with E-state index in [0.29, 0.717) is 11.4 Å². The molecule has 272 valence electrons. The maximum atomic E-state index is 11.5. The van der Waals surface area contributed by atoms with E-state index in [9.17, 15) is 5.11 Å².